The summed E-state index contributed by atoms with van der Waals surface area (Å²) in [6.07, 6.45) is 0. The third-order valence-electron chi connectivity index (χ3n) is 1.43. The van der Waals surface area contributed by atoms with E-state index in [-0.39, 0.29) is 5.97 Å². The van der Waals surface area contributed by atoms with Crippen molar-refractivity contribution in [2.75, 3.05) is 12.3 Å². The van der Waals surface area contributed by atoms with E-state index in [1.54, 1.807) is 13.0 Å². The second-order valence-corrected chi connectivity index (χ2v) is 3.63. The quantitative estimate of drug-likeness (QED) is 0.715. The molecule has 0 radical (unpaired) electrons. The Kier molecular flexibility index (Phi) is 2.70. The maximum atomic E-state index is 11.2. The van der Waals surface area contributed by atoms with Crippen molar-refractivity contribution in [2.45, 2.75) is 13.8 Å². The molecule has 0 spiro atoms. The minimum atomic E-state index is -0.289. The zero-order chi connectivity index (χ0) is 9.14. The molecule has 1 aromatic heterocycles. The highest BCUT2D eigenvalue weighted by molar-refractivity contribution is 7.16. The summed E-state index contributed by atoms with van der Waals surface area (Å²) in [5, 5.41) is 0.649. The standard InChI is InChI=1S/C8H11NO2S/c1-3-11-8(10)6-4-7(9)12-5(6)2/h4H,3,9H2,1-2H3. The molecule has 0 atom stereocenters. The van der Waals surface area contributed by atoms with Crippen LogP contribution < -0.4 is 5.73 Å². The lowest BCUT2D eigenvalue weighted by Crippen LogP contribution is -2.04. The van der Waals surface area contributed by atoms with Crippen LogP contribution in [0.5, 0.6) is 0 Å². The molecule has 4 heteroatoms. The van der Waals surface area contributed by atoms with Crippen molar-refractivity contribution in [2.24, 2.45) is 0 Å². The van der Waals surface area contributed by atoms with Gasteiger partial charge in [-0.2, -0.15) is 0 Å². The lowest BCUT2D eigenvalue weighted by atomic mass is 10.3. The summed E-state index contributed by atoms with van der Waals surface area (Å²) in [4.78, 5) is 12.1. The van der Waals surface area contributed by atoms with Crippen molar-refractivity contribution >= 4 is 22.3 Å². The van der Waals surface area contributed by atoms with Crippen LogP contribution in [-0.2, 0) is 4.74 Å². The van der Waals surface area contributed by atoms with Gasteiger partial charge in [0, 0.05) is 4.88 Å². The number of carbonyl (C=O) groups is 1. The predicted molar refractivity (Wildman–Crippen MR) is 49.4 cm³/mol. The first-order valence-electron chi connectivity index (χ1n) is 3.68. The van der Waals surface area contributed by atoms with Crippen molar-refractivity contribution in [3.8, 4) is 0 Å². The molecule has 0 unspecified atom stereocenters. The zero-order valence-electron chi connectivity index (χ0n) is 7.09. The van der Waals surface area contributed by atoms with E-state index in [2.05, 4.69) is 0 Å². The molecule has 3 nitrogen and oxygen atoms in total. The minimum absolute atomic E-state index is 0.289. The van der Waals surface area contributed by atoms with Crippen molar-refractivity contribution in [3.63, 3.8) is 0 Å². The Morgan fingerprint density at radius 3 is 2.83 bits per heavy atom. The summed E-state index contributed by atoms with van der Waals surface area (Å²) in [6, 6.07) is 1.65. The summed E-state index contributed by atoms with van der Waals surface area (Å²) in [5.41, 5.74) is 6.11. The second-order valence-electron chi connectivity index (χ2n) is 2.34. The highest BCUT2D eigenvalue weighted by atomic mass is 32.1. The van der Waals surface area contributed by atoms with Gasteiger partial charge in [-0.05, 0) is 19.9 Å². The number of thiophene rings is 1. The van der Waals surface area contributed by atoms with Crippen LogP contribution in [0.4, 0.5) is 5.00 Å². The molecule has 1 aromatic rings. The largest absolute Gasteiger partial charge is 0.462 e. The number of nitrogen functional groups attached to an aromatic ring is 1. The fraction of sp³-hybridized carbons (Fsp3) is 0.375. The maximum absolute atomic E-state index is 11.2. The second kappa shape index (κ2) is 3.58. The van der Waals surface area contributed by atoms with Gasteiger partial charge < -0.3 is 10.5 Å². The normalized spacial score (nSPS) is 9.83. The van der Waals surface area contributed by atoms with E-state index >= 15 is 0 Å². The highest BCUT2D eigenvalue weighted by Gasteiger charge is 2.12. The molecule has 0 fully saturated rings. The first kappa shape index (κ1) is 9.06. The Morgan fingerprint density at radius 2 is 2.42 bits per heavy atom. The Balaban J connectivity index is 2.87. The van der Waals surface area contributed by atoms with Gasteiger partial charge >= 0.3 is 5.97 Å². The van der Waals surface area contributed by atoms with Crippen molar-refractivity contribution in [3.05, 3.63) is 16.5 Å². The van der Waals surface area contributed by atoms with Gasteiger partial charge in [0.1, 0.15) is 0 Å². The first-order chi connectivity index (χ1) is 5.65. The van der Waals surface area contributed by atoms with E-state index in [0.29, 0.717) is 17.2 Å². The average Bonchev–Trinajstić information content (AvgIpc) is 2.30. The topological polar surface area (TPSA) is 52.3 Å². The summed E-state index contributed by atoms with van der Waals surface area (Å²) in [5.74, 6) is -0.289. The van der Waals surface area contributed by atoms with E-state index in [1.807, 2.05) is 6.92 Å². The predicted octanol–water partition coefficient (Wildman–Crippen LogP) is 1.82. The summed E-state index contributed by atoms with van der Waals surface area (Å²) in [7, 11) is 0. The van der Waals surface area contributed by atoms with Crippen molar-refractivity contribution in [1.82, 2.24) is 0 Å². The summed E-state index contributed by atoms with van der Waals surface area (Å²) >= 11 is 1.40. The number of hydrogen-bond acceptors (Lipinski definition) is 4. The Bertz CT molecular complexity index is 293. The molecule has 1 heterocycles. The smallest absolute Gasteiger partial charge is 0.339 e. The van der Waals surface area contributed by atoms with Crippen LogP contribution in [0.25, 0.3) is 0 Å². The molecule has 0 aliphatic carbocycles. The molecule has 0 aromatic carbocycles. The lowest BCUT2D eigenvalue weighted by molar-refractivity contribution is 0.0526. The van der Waals surface area contributed by atoms with Gasteiger partial charge in [0.15, 0.2) is 0 Å². The number of aryl methyl sites for hydroxylation is 1. The molecule has 0 amide bonds. The van der Waals surface area contributed by atoms with Gasteiger partial charge in [0.2, 0.25) is 0 Å². The fourth-order valence-corrected chi connectivity index (χ4v) is 1.70. The molecule has 12 heavy (non-hydrogen) atoms. The van der Waals surface area contributed by atoms with Gasteiger partial charge in [-0.25, -0.2) is 4.79 Å². The van der Waals surface area contributed by atoms with Gasteiger partial charge in [-0.1, -0.05) is 0 Å². The highest BCUT2D eigenvalue weighted by Crippen LogP contribution is 2.23. The first-order valence-corrected chi connectivity index (χ1v) is 4.49. The molecule has 2 N–H and O–H groups in total. The maximum Gasteiger partial charge on any atom is 0.339 e. The number of ether oxygens (including phenoxy) is 1. The average molecular weight is 185 g/mol. The van der Waals surface area contributed by atoms with Crippen molar-refractivity contribution < 1.29 is 9.53 Å². The third kappa shape index (κ3) is 1.76. The minimum Gasteiger partial charge on any atom is -0.462 e. The SMILES string of the molecule is CCOC(=O)c1cc(N)sc1C. The molecular formula is C8H11NO2S. The number of nitrogens with two attached hydrogens (primary N) is 1. The van der Waals surface area contributed by atoms with Crippen LogP contribution in [0.1, 0.15) is 22.2 Å². The van der Waals surface area contributed by atoms with E-state index in [9.17, 15) is 4.79 Å². The Hall–Kier alpha value is -1.03. The van der Waals surface area contributed by atoms with E-state index < -0.39 is 0 Å². The van der Waals surface area contributed by atoms with Gasteiger partial charge in [0.25, 0.3) is 0 Å². The Morgan fingerprint density at radius 1 is 1.75 bits per heavy atom. The molecule has 0 bridgehead atoms. The number of anilines is 1. The van der Waals surface area contributed by atoms with Gasteiger partial charge in [0.05, 0.1) is 17.2 Å². The summed E-state index contributed by atoms with van der Waals surface area (Å²) < 4.78 is 4.83. The van der Waals surface area contributed by atoms with Gasteiger partial charge in [-0.3, -0.25) is 0 Å². The molecule has 0 saturated carbocycles. The number of carbonyl (C=O) groups excluding carboxylic acids is 1. The van der Waals surface area contributed by atoms with Crippen LogP contribution in [0.2, 0.25) is 0 Å². The lowest BCUT2D eigenvalue weighted by Gasteiger charge is -1.98. The van der Waals surface area contributed by atoms with E-state index in [0.717, 1.165) is 4.88 Å². The molecule has 0 aliphatic heterocycles. The monoisotopic (exact) mass is 185 g/mol. The van der Waals surface area contributed by atoms with E-state index in [4.69, 9.17) is 10.5 Å². The number of esters is 1. The molecular weight excluding hydrogens is 174 g/mol. The molecule has 0 saturated heterocycles. The van der Waals surface area contributed by atoms with Crippen LogP contribution in [0, 0.1) is 6.92 Å². The zero-order valence-corrected chi connectivity index (χ0v) is 7.90. The number of hydrogen-bond donors (Lipinski definition) is 1. The van der Waals surface area contributed by atoms with Crippen LogP contribution in [0.15, 0.2) is 6.07 Å². The number of rotatable bonds is 2. The van der Waals surface area contributed by atoms with E-state index in [1.165, 1.54) is 11.3 Å². The Labute approximate surface area is 75.1 Å². The molecule has 0 aliphatic rings. The summed E-state index contributed by atoms with van der Waals surface area (Å²) in [6.45, 7) is 4.03. The van der Waals surface area contributed by atoms with Crippen LogP contribution in [-0.4, -0.2) is 12.6 Å². The fourth-order valence-electron chi connectivity index (χ4n) is 0.917. The van der Waals surface area contributed by atoms with Crippen molar-refractivity contribution in [1.29, 1.82) is 0 Å². The van der Waals surface area contributed by atoms with Gasteiger partial charge in [-0.15, -0.1) is 11.3 Å². The van der Waals surface area contributed by atoms with Crippen LogP contribution >= 0.6 is 11.3 Å². The third-order valence-corrected chi connectivity index (χ3v) is 2.31. The van der Waals surface area contributed by atoms with Crippen LogP contribution in [0.3, 0.4) is 0 Å². The molecule has 66 valence electrons. The molecule has 1 rings (SSSR count).